The van der Waals surface area contributed by atoms with Gasteiger partial charge in [0.2, 0.25) is 0 Å². The van der Waals surface area contributed by atoms with Gasteiger partial charge in [-0.15, -0.1) is 0 Å². The number of halogens is 2. The zero-order chi connectivity index (χ0) is 18.0. The molecule has 1 aliphatic heterocycles. The Morgan fingerprint density at radius 2 is 1.48 bits per heavy atom. The molecule has 1 saturated heterocycles. The molecule has 0 bridgehead atoms. The van der Waals surface area contributed by atoms with Gasteiger partial charge >= 0.3 is 0 Å². The minimum atomic E-state index is -0.348. The summed E-state index contributed by atoms with van der Waals surface area (Å²) in [4.78, 5) is 28.6. The molecule has 25 heavy (non-hydrogen) atoms. The van der Waals surface area contributed by atoms with Crippen LogP contribution in [0, 0.1) is 12.7 Å². The number of benzene rings is 2. The number of nitrogens with zero attached hydrogens (tertiary/aromatic N) is 2. The van der Waals surface area contributed by atoms with Crippen LogP contribution in [0.5, 0.6) is 0 Å². The van der Waals surface area contributed by atoms with Crippen molar-refractivity contribution in [1.29, 1.82) is 0 Å². The first-order valence-electron chi connectivity index (χ1n) is 8.06. The monoisotopic (exact) mass is 404 g/mol. The number of aryl methyl sites for hydroxylation is 1. The first kappa shape index (κ1) is 17.6. The molecule has 130 valence electrons. The van der Waals surface area contributed by atoms with Crippen LogP contribution in [-0.4, -0.2) is 47.8 Å². The third-order valence-electron chi connectivity index (χ3n) is 4.36. The summed E-state index contributed by atoms with van der Waals surface area (Å²) in [5.74, 6) is -0.496. The summed E-state index contributed by atoms with van der Waals surface area (Å²) in [5.41, 5.74) is 1.77. The van der Waals surface area contributed by atoms with E-state index >= 15 is 0 Å². The average molecular weight is 405 g/mol. The fourth-order valence-electron chi connectivity index (χ4n) is 2.93. The SMILES string of the molecule is Cc1cc(F)ccc1C(=O)N1CCN(C(=O)c2ccc(Br)cc2)CC1. The Kier molecular flexibility index (Phi) is 5.18. The highest BCUT2D eigenvalue weighted by atomic mass is 79.9. The van der Waals surface area contributed by atoms with E-state index in [1.165, 1.54) is 18.2 Å². The van der Waals surface area contributed by atoms with Gasteiger partial charge in [-0.1, -0.05) is 15.9 Å². The lowest BCUT2D eigenvalue weighted by atomic mass is 10.1. The van der Waals surface area contributed by atoms with Crippen LogP contribution in [0.4, 0.5) is 4.39 Å². The zero-order valence-corrected chi connectivity index (χ0v) is 15.4. The predicted octanol–water partition coefficient (Wildman–Crippen LogP) is 3.49. The molecule has 6 heteroatoms. The molecular weight excluding hydrogens is 387 g/mol. The summed E-state index contributed by atoms with van der Waals surface area (Å²) in [6, 6.07) is 11.4. The summed E-state index contributed by atoms with van der Waals surface area (Å²) in [6.45, 7) is 3.64. The second kappa shape index (κ2) is 7.35. The molecule has 2 aromatic rings. The normalized spacial score (nSPS) is 14.5. The Morgan fingerprint density at radius 3 is 2.04 bits per heavy atom. The second-order valence-corrected chi connectivity index (χ2v) is 6.97. The smallest absolute Gasteiger partial charge is 0.254 e. The van der Waals surface area contributed by atoms with Gasteiger partial charge < -0.3 is 9.80 Å². The molecule has 0 atom stereocenters. The lowest BCUT2D eigenvalue weighted by Crippen LogP contribution is -2.50. The lowest BCUT2D eigenvalue weighted by molar-refractivity contribution is 0.0535. The van der Waals surface area contributed by atoms with E-state index in [1.54, 1.807) is 28.9 Å². The summed E-state index contributed by atoms with van der Waals surface area (Å²) in [7, 11) is 0. The van der Waals surface area contributed by atoms with Gasteiger partial charge in [0.1, 0.15) is 5.82 Å². The maximum atomic E-state index is 13.2. The van der Waals surface area contributed by atoms with Gasteiger partial charge in [-0.25, -0.2) is 4.39 Å². The Morgan fingerprint density at radius 1 is 0.920 bits per heavy atom. The van der Waals surface area contributed by atoms with Gasteiger partial charge in [-0.05, 0) is 55.0 Å². The minimum absolute atomic E-state index is 0.0300. The number of hydrogen-bond donors (Lipinski definition) is 0. The number of carbonyl (C=O) groups is 2. The topological polar surface area (TPSA) is 40.6 Å². The summed E-state index contributed by atoms with van der Waals surface area (Å²) in [5, 5.41) is 0. The van der Waals surface area contributed by atoms with E-state index in [9.17, 15) is 14.0 Å². The summed E-state index contributed by atoms with van der Waals surface area (Å²) >= 11 is 3.35. The van der Waals surface area contributed by atoms with Crippen molar-refractivity contribution in [2.45, 2.75) is 6.92 Å². The predicted molar refractivity (Wildman–Crippen MR) is 97.1 cm³/mol. The van der Waals surface area contributed by atoms with E-state index in [-0.39, 0.29) is 17.6 Å². The fraction of sp³-hybridized carbons (Fsp3) is 0.263. The number of rotatable bonds is 2. The molecule has 0 saturated carbocycles. The van der Waals surface area contributed by atoms with Crippen molar-refractivity contribution in [2.75, 3.05) is 26.2 Å². The third kappa shape index (κ3) is 3.90. The van der Waals surface area contributed by atoms with E-state index < -0.39 is 0 Å². The van der Waals surface area contributed by atoms with Crippen LogP contribution >= 0.6 is 15.9 Å². The molecule has 1 aliphatic rings. The molecule has 0 aliphatic carbocycles. The number of amides is 2. The van der Waals surface area contributed by atoms with Gasteiger partial charge in [0.05, 0.1) is 0 Å². The molecule has 1 fully saturated rings. The number of piperazine rings is 1. The molecule has 3 rings (SSSR count). The van der Waals surface area contributed by atoms with E-state index in [0.29, 0.717) is 42.9 Å². The summed E-state index contributed by atoms with van der Waals surface area (Å²) in [6.07, 6.45) is 0. The van der Waals surface area contributed by atoms with Crippen molar-refractivity contribution in [2.24, 2.45) is 0 Å². The summed E-state index contributed by atoms with van der Waals surface area (Å²) < 4.78 is 14.1. The van der Waals surface area contributed by atoms with Crippen molar-refractivity contribution in [3.8, 4) is 0 Å². The molecule has 0 unspecified atom stereocenters. The first-order valence-corrected chi connectivity index (χ1v) is 8.85. The quantitative estimate of drug-likeness (QED) is 0.768. The van der Waals surface area contributed by atoms with Crippen LogP contribution in [0.25, 0.3) is 0 Å². The largest absolute Gasteiger partial charge is 0.335 e. The lowest BCUT2D eigenvalue weighted by Gasteiger charge is -2.35. The maximum absolute atomic E-state index is 13.2. The van der Waals surface area contributed by atoms with Gasteiger partial charge in [0, 0.05) is 41.8 Å². The van der Waals surface area contributed by atoms with Gasteiger partial charge in [0.15, 0.2) is 0 Å². The zero-order valence-electron chi connectivity index (χ0n) is 13.8. The highest BCUT2D eigenvalue weighted by molar-refractivity contribution is 9.10. The van der Waals surface area contributed by atoms with Crippen LogP contribution in [0.3, 0.4) is 0 Å². The molecule has 0 aromatic heterocycles. The van der Waals surface area contributed by atoms with Gasteiger partial charge in [0.25, 0.3) is 11.8 Å². The molecule has 0 spiro atoms. The van der Waals surface area contributed by atoms with Crippen molar-refractivity contribution in [3.63, 3.8) is 0 Å². The molecule has 0 radical (unpaired) electrons. The molecule has 2 aromatic carbocycles. The molecule has 2 amide bonds. The Bertz CT molecular complexity index is 800. The van der Waals surface area contributed by atoms with E-state index in [2.05, 4.69) is 15.9 Å². The first-order chi connectivity index (χ1) is 12.0. The van der Waals surface area contributed by atoms with Crippen LogP contribution in [0.1, 0.15) is 26.3 Å². The van der Waals surface area contributed by atoms with Crippen LogP contribution in [0.15, 0.2) is 46.9 Å². The van der Waals surface area contributed by atoms with Crippen LogP contribution in [-0.2, 0) is 0 Å². The Labute approximate surface area is 154 Å². The van der Waals surface area contributed by atoms with Gasteiger partial charge in [-0.2, -0.15) is 0 Å². The van der Waals surface area contributed by atoms with Crippen molar-refractivity contribution < 1.29 is 14.0 Å². The third-order valence-corrected chi connectivity index (χ3v) is 4.89. The molecule has 0 N–H and O–H groups in total. The van der Waals surface area contributed by atoms with Crippen molar-refractivity contribution in [1.82, 2.24) is 9.80 Å². The van der Waals surface area contributed by atoms with E-state index in [1.807, 2.05) is 12.1 Å². The molecular formula is C19H18BrFN2O2. The number of carbonyl (C=O) groups excluding carboxylic acids is 2. The fourth-order valence-corrected chi connectivity index (χ4v) is 3.19. The van der Waals surface area contributed by atoms with Gasteiger partial charge in [-0.3, -0.25) is 9.59 Å². The maximum Gasteiger partial charge on any atom is 0.254 e. The highest BCUT2D eigenvalue weighted by Gasteiger charge is 2.26. The highest BCUT2D eigenvalue weighted by Crippen LogP contribution is 2.17. The average Bonchev–Trinajstić information content (AvgIpc) is 2.61. The Balaban J connectivity index is 1.64. The standard InChI is InChI=1S/C19H18BrFN2O2/c1-13-12-16(21)6-7-17(13)19(25)23-10-8-22(9-11-23)18(24)14-2-4-15(20)5-3-14/h2-7,12H,8-11H2,1H3. The van der Waals surface area contributed by atoms with Crippen molar-refractivity contribution >= 4 is 27.7 Å². The Hall–Kier alpha value is -2.21. The number of hydrogen-bond acceptors (Lipinski definition) is 2. The van der Waals surface area contributed by atoms with Crippen LogP contribution < -0.4 is 0 Å². The molecule has 1 heterocycles. The molecule has 4 nitrogen and oxygen atoms in total. The van der Waals surface area contributed by atoms with E-state index in [4.69, 9.17) is 0 Å². The van der Waals surface area contributed by atoms with E-state index in [0.717, 1.165) is 4.47 Å². The second-order valence-electron chi connectivity index (χ2n) is 6.05. The minimum Gasteiger partial charge on any atom is -0.335 e. The van der Waals surface area contributed by atoms with Crippen LogP contribution in [0.2, 0.25) is 0 Å². The van der Waals surface area contributed by atoms with Crippen molar-refractivity contribution in [3.05, 3.63) is 69.4 Å².